The summed E-state index contributed by atoms with van der Waals surface area (Å²) in [5, 5.41) is 4.48. The Morgan fingerprint density at radius 1 is 1.30 bits per heavy atom. The smallest absolute Gasteiger partial charge is 0.179 e. The number of nitrogens with one attached hydrogen (secondary N) is 1. The molecule has 2 heterocycles. The average molecular weight is 284 g/mol. The highest BCUT2D eigenvalue weighted by molar-refractivity contribution is 7.71. The van der Waals surface area contributed by atoms with Crippen LogP contribution in [-0.2, 0) is 7.05 Å². The summed E-state index contributed by atoms with van der Waals surface area (Å²) in [6.07, 6.45) is 1.15. The van der Waals surface area contributed by atoms with Crippen LogP contribution in [0.5, 0.6) is 0 Å². The topological polar surface area (TPSA) is 38.5 Å². The molecule has 1 N–H and O–H groups in total. The molecule has 0 saturated heterocycles. The van der Waals surface area contributed by atoms with Crippen molar-refractivity contribution < 1.29 is 0 Å². The Kier molecular flexibility index (Phi) is 2.41. The molecule has 2 unspecified atom stereocenters. The lowest BCUT2D eigenvalue weighted by molar-refractivity contribution is 0.676. The van der Waals surface area contributed by atoms with Crippen molar-refractivity contribution in [2.45, 2.75) is 25.3 Å². The summed E-state index contributed by atoms with van der Waals surface area (Å²) in [7, 11) is 1.98. The van der Waals surface area contributed by atoms with Gasteiger partial charge >= 0.3 is 0 Å². The van der Waals surface area contributed by atoms with E-state index in [0.717, 1.165) is 28.0 Å². The summed E-state index contributed by atoms with van der Waals surface area (Å²) in [5.41, 5.74) is 4.57. The fraction of sp³-hybridized carbons (Fsp3) is 0.333. The van der Waals surface area contributed by atoms with E-state index in [1.807, 2.05) is 18.7 Å². The van der Waals surface area contributed by atoms with E-state index in [1.54, 1.807) is 0 Å². The van der Waals surface area contributed by atoms with Crippen LogP contribution in [0, 0.1) is 11.7 Å². The zero-order valence-electron chi connectivity index (χ0n) is 11.5. The quantitative estimate of drug-likeness (QED) is 0.732. The predicted octanol–water partition coefficient (Wildman–Crippen LogP) is 3.47. The van der Waals surface area contributed by atoms with E-state index in [1.165, 1.54) is 5.56 Å². The van der Waals surface area contributed by atoms with E-state index in [9.17, 15) is 0 Å². The number of hydrogen-bond acceptors (Lipinski definition) is 2. The van der Waals surface area contributed by atoms with Gasteiger partial charge in [0.1, 0.15) is 5.52 Å². The maximum absolute atomic E-state index is 5.51. The summed E-state index contributed by atoms with van der Waals surface area (Å²) in [4.78, 5) is 3.30. The Bertz CT molecular complexity index is 840. The standard InChI is InChI=1S/C15H16N4S/c1-9-13-14(18(2)17-9)19(15(20)16-13)12-8-11(12)10-6-4-3-5-7-10/h3-7,11-12H,8H2,1-2H3,(H,16,20). The van der Waals surface area contributed by atoms with E-state index in [-0.39, 0.29) is 0 Å². The van der Waals surface area contributed by atoms with Gasteiger partial charge in [-0.2, -0.15) is 5.10 Å². The van der Waals surface area contributed by atoms with E-state index in [0.29, 0.717) is 12.0 Å². The number of nitrogens with zero attached hydrogens (tertiary/aromatic N) is 3. The molecule has 1 aromatic carbocycles. The molecule has 0 bridgehead atoms. The molecule has 3 aromatic rings. The van der Waals surface area contributed by atoms with E-state index in [2.05, 4.69) is 45.0 Å². The average Bonchev–Trinajstić information content (AvgIpc) is 3.08. The Morgan fingerprint density at radius 2 is 2.05 bits per heavy atom. The van der Waals surface area contributed by atoms with E-state index in [4.69, 9.17) is 12.2 Å². The maximum Gasteiger partial charge on any atom is 0.179 e. The van der Waals surface area contributed by atoms with Crippen molar-refractivity contribution in [2.75, 3.05) is 0 Å². The van der Waals surface area contributed by atoms with Gasteiger partial charge in [-0.15, -0.1) is 0 Å². The first-order valence-corrected chi connectivity index (χ1v) is 7.26. The molecule has 2 atom stereocenters. The minimum Gasteiger partial charge on any atom is -0.328 e. The number of aromatic nitrogens is 4. The number of aryl methyl sites for hydroxylation is 2. The molecule has 1 aliphatic carbocycles. The van der Waals surface area contributed by atoms with Gasteiger partial charge in [-0.3, -0.25) is 9.25 Å². The van der Waals surface area contributed by atoms with Crippen molar-refractivity contribution in [2.24, 2.45) is 7.05 Å². The third-order valence-corrected chi connectivity index (χ3v) is 4.49. The number of imidazole rings is 1. The molecule has 1 saturated carbocycles. The van der Waals surface area contributed by atoms with Crippen LogP contribution >= 0.6 is 12.2 Å². The normalized spacial score (nSPS) is 21.5. The van der Waals surface area contributed by atoms with Crippen molar-refractivity contribution in [3.05, 3.63) is 46.4 Å². The second kappa shape index (κ2) is 4.06. The Balaban J connectivity index is 1.81. The van der Waals surface area contributed by atoms with Gasteiger partial charge < -0.3 is 4.98 Å². The van der Waals surface area contributed by atoms with Gasteiger partial charge in [-0.1, -0.05) is 30.3 Å². The van der Waals surface area contributed by atoms with Crippen LogP contribution in [0.3, 0.4) is 0 Å². The third-order valence-electron chi connectivity index (χ3n) is 4.19. The third kappa shape index (κ3) is 1.59. The summed E-state index contributed by atoms with van der Waals surface area (Å²) < 4.78 is 4.97. The van der Waals surface area contributed by atoms with Crippen molar-refractivity contribution in [3.63, 3.8) is 0 Å². The molecular weight excluding hydrogens is 268 g/mol. The second-order valence-corrected chi connectivity index (χ2v) is 5.91. The Labute approximate surface area is 122 Å². The first-order valence-electron chi connectivity index (χ1n) is 6.85. The Morgan fingerprint density at radius 3 is 2.80 bits per heavy atom. The highest BCUT2D eigenvalue weighted by Gasteiger charge is 2.41. The zero-order chi connectivity index (χ0) is 13.9. The zero-order valence-corrected chi connectivity index (χ0v) is 12.3. The van der Waals surface area contributed by atoms with Gasteiger partial charge in [0.2, 0.25) is 0 Å². The number of benzene rings is 1. The molecule has 1 aliphatic rings. The predicted molar refractivity (Wildman–Crippen MR) is 81.5 cm³/mol. The molecular formula is C15H16N4S. The molecule has 0 spiro atoms. The highest BCUT2D eigenvalue weighted by atomic mass is 32.1. The fourth-order valence-corrected chi connectivity index (χ4v) is 3.49. The van der Waals surface area contributed by atoms with Gasteiger partial charge in [-0.05, 0) is 31.1 Å². The van der Waals surface area contributed by atoms with Gasteiger partial charge in [0.25, 0.3) is 0 Å². The molecule has 4 nitrogen and oxygen atoms in total. The van der Waals surface area contributed by atoms with Crippen LogP contribution in [0.15, 0.2) is 30.3 Å². The number of fused-ring (bicyclic) bond motifs is 1. The van der Waals surface area contributed by atoms with E-state index < -0.39 is 0 Å². The van der Waals surface area contributed by atoms with Crippen molar-refractivity contribution in [1.29, 1.82) is 0 Å². The van der Waals surface area contributed by atoms with Crippen molar-refractivity contribution in [3.8, 4) is 0 Å². The molecule has 102 valence electrons. The number of aromatic amines is 1. The lowest BCUT2D eigenvalue weighted by atomic mass is 10.1. The number of hydrogen-bond donors (Lipinski definition) is 1. The van der Waals surface area contributed by atoms with Crippen LogP contribution in [0.4, 0.5) is 0 Å². The van der Waals surface area contributed by atoms with Crippen LogP contribution in [0.2, 0.25) is 0 Å². The highest BCUT2D eigenvalue weighted by Crippen LogP contribution is 2.52. The first kappa shape index (κ1) is 11.9. The van der Waals surface area contributed by atoms with Gasteiger partial charge in [0.05, 0.1) is 5.69 Å². The maximum atomic E-state index is 5.51. The second-order valence-electron chi connectivity index (χ2n) is 5.53. The molecule has 20 heavy (non-hydrogen) atoms. The van der Waals surface area contributed by atoms with Crippen LogP contribution < -0.4 is 0 Å². The fourth-order valence-electron chi connectivity index (χ4n) is 3.17. The first-order chi connectivity index (χ1) is 9.66. The molecule has 0 aliphatic heterocycles. The largest absolute Gasteiger partial charge is 0.328 e. The van der Waals surface area contributed by atoms with Crippen LogP contribution in [0.25, 0.3) is 11.2 Å². The summed E-state index contributed by atoms with van der Waals surface area (Å²) in [6, 6.07) is 11.1. The lowest BCUT2D eigenvalue weighted by Crippen LogP contribution is -2.02. The number of H-pyrrole nitrogens is 1. The SMILES string of the molecule is Cc1nn(C)c2c1[nH]c(=S)n2C1CC1c1ccccc1. The van der Waals surface area contributed by atoms with Gasteiger partial charge in [0, 0.05) is 19.0 Å². The summed E-state index contributed by atoms with van der Waals surface area (Å²) >= 11 is 5.51. The molecule has 0 radical (unpaired) electrons. The molecule has 5 heteroatoms. The van der Waals surface area contributed by atoms with Crippen LogP contribution in [0.1, 0.15) is 29.6 Å². The van der Waals surface area contributed by atoms with Crippen molar-refractivity contribution in [1.82, 2.24) is 19.3 Å². The van der Waals surface area contributed by atoms with Crippen LogP contribution in [-0.4, -0.2) is 19.3 Å². The minimum absolute atomic E-state index is 0.452. The summed E-state index contributed by atoms with van der Waals surface area (Å²) in [5.74, 6) is 0.567. The number of rotatable bonds is 2. The van der Waals surface area contributed by atoms with Gasteiger partial charge in [0.15, 0.2) is 10.4 Å². The minimum atomic E-state index is 0.452. The molecule has 0 amide bonds. The molecule has 2 aromatic heterocycles. The monoisotopic (exact) mass is 284 g/mol. The molecule has 4 rings (SSSR count). The van der Waals surface area contributed by atoms with E-state index >= 15 is 0 Å². The lowest BCUT2D eigenvalue weighted by Gasteiger charge is -2.04. The summed E-state index contributed by atoms with van der Waals surface area (Å²) in [6.45, 7) is 2.01. The van der Waals surface area contributed by atoms with Crippen molar-refractivity contribution >= 4 is 23.4 Å². The van der Waals surface area contributed by atoms with Gasteiger partial charge in [-0.25, -0.2) is 0 Å². The Hall–Kier alpha value is -1.88. The molecule has 1 fully saturated rings.